The van der Waals surface area contributed by atoms with Gasteiger partial charge in [0.15, 0.2) is 0 Å². The zero-order valence-electron chi connectivity index (χ0n) is 15.7. The average molecular weight is 397 g/mol. The Morgan fingerprint density at radius 1 is 1.37 bits per heavy atom. The number of sulfonamides is 1. The van der Waals surface area contributed by atoms with Crippen molar-refractivity contribution in [2.75, 3.05) is 26.8 Å². The SMILES string of the molecule is COCCn1cncc1CNC(=O)[C@@H]1C[C@H]2CCN(S(=O)(=O)C3CC3)C[C@H]21. The summed E-state index contributed by atoms with van der Waals surface area (Å²) in [5, 5.41) is 2.84. The fourth-order valence-corrected chi connectivity index (χ4v) is 6.25. The van der Waals surface area contributed by atoms with Gasteiger partial charge in [-0.2, -0.15) is 0 Å². The van der Waals surface area contributed by atoms with Gasteiger partial charge in [0.25, 0.3) is 0 Å². The first kappa shape index (κ1) is 18.9. The lowest BCUT2D eigenvalue weighted by Gasteiger charge is -2.49. The molecule has 4 rings (SSSR count). The van der Waals surface area contributed by atoms with Crippen molar-refractivity contribution < 1.29 is 17.9 Å². The van der Waals surface area contributed by atoms with Crippen molar-refractivity contribution in [3.05, 3.63) is 18.2 Å². The second-order valence-electron chi connectivity index (χ2n) is 7.95. The predicted molar refractivity (Wildman–Crippen MR) is 99.2 cm³/mol. The molecule has 8 nitrogen and oxygen atoms in total. The van der Waals surface area contributed by atoms with Crippen molar-refractivity contribution in [1.29, 1.82) is 0 Å². The number of ether oxygens (including phenoxy) is 1. The molecule has 1 aromatic heterocycles. The summed E-state index contributed by atoms with van der Waals surface area (Å²) in [6, 6.07) is 0. The normalized spacial score (nSPS) is 28.4. The lowest BCUT2D eigenvalue weighted by molar-refractivity contribution is -0.135. The number of rotatable bonds is 8. The Balaban J connectivity index is 1.32. The van der Waals surface area contributed by atoms with Crippen LogP contribution < -0.4 is 5.32 Å². The van der Waals surface area contributed by atoms with Crippen LogP contribution in [0, 0.1) is 17.8 Å². The molecule has 3 aliphatic rings. The number of piperidine rings is 1. The second kappa shape index (κ2) is 7.52. The van der Waals surface area contributed by atoms with Crippen molar-refractivity contribution in [3.63, 3.8) is 0 Å². The highest BCUT2D eigenvalue weighted by molar-refractivity contribution is 7.90. The minimum absolute atomic E-state index is 0.0291. The standard InChI is InChI=1S/C18H28N4O4S/c1-26-7-6-21-12-19-9-14(21)10-20-18(23)16-8-13-4-5-22(11-17(13)16)27(24,25)15-2-3-15/h9,12-13,15-17H,2-8,10-11H2,1H3,(H,20,23)/t13-,16-,17-/m1/s1. The van der Waals surface area contributed by atoms with E-state index in [-0.39, 0.29) is 23.0 Å². The molecule has 1 aliphatic heterocycles. The predicted octanol–water partition coefficient (Wildman–Crippen LogP) is 0.596. The van der Waals surface area contributed by atoms with Gasteiger partial charge in [-0.05, 0) is 37.5 Å². The third kappa shape index (κ3) is 3.77. The first-order valence-electron chi connectivity index (χ1n) is 9.75. The van der Waals surface area contributed by atoms with E-state index in [0.717, 1.165) is 31.4 Å². The Hall–Kier alpha value is -1.45. The van der Waals surface area contributed by atoms with Crippen LogP contribution in [0.25, 0.3) is 0 Å². The lowest BCUT2D eigenvalue weighted by Crippen LogP contribution is -2.56. The van der Waals surface area contributed by atoms with Crippen molar-refractivity contribution in [2.24, 2.45) is 17.8 Å². The first-order chi connectivity index (χ1) is 13.0. The highest BCUT2D eigenvalue weighted by Crippen LogP contribution is 2.47. The minimum Gasteiger partial charge on any atom is -0.383 e. The molecule has 1 aromatic rings. The Morgan fingerprint density at radius 2 is 2.19 bits per heavy atom. The monoisotopic (exact) mass is 396 g/mol. The Morgan fingerprint density at radius 3 is 2.93 bits per heavy atom. The van der Waals surface area contributed by atoms with Crippen LogP contribution in [0.3, 0.4) is 0 Å². The van der Waals surface area contributed by atoms with Crippen LogP contribution >= 0.6 is 0 Å². The summed E-state index contributed by atoms with van der Waals surface area (Å²) < 4.78 is 33.7. The Bertz CT molecular complexity index is 789. The summed E-state index contributed by atoms with van der Waals surface area (Å²) in [5.74, 6) is 0.591. The van der Waals surface area contributed by atoms with Gasteiger partial charge in [0, 0.05) is 38.9 Å². The molecule has 9 heteroatoms. The maximum absolute atomic E-state index is 12.7. The van der Waals surface area contributed by atoms with Gasteiger partial charge in [-0.25, -0.2) is 17.7 Å². The number of carbonyl (C=O) groups excluding carboxylic acids is 1. The van der Waals surface area contributed by atoms with E-state index in [1.165, 1.54) is 0 Å². The number of fused-ring (bicyclic) bond motifs is 1. The van der Waals surface area contributed by atoms with Crippen LogP contribution in [0.2, 0.25) is 0 Å². The van der Waals surface area contributed by atoms with E-state index in [1.54, 1.807) is 23.9 Å². The minimum atomic E-state index is -3.14. The maximum atomic E-state index is 12.7. The average Bonchev–Trinajstić information content (AvgIpc) is 3.40. The van der Waals surface area contributed by atoms with Gasteiger partial charge in [0.1, 0.15) is 0 Å². The van der Waals surface area contributed by atoms with Crippen molar-refractivity contribution in [2.45, 2.75) is 44.0 Å². The zero-order chi connectivity index (χ0) is 19.0. The molecular formula is C18H28N4O4S. The molecule has 1 amide bonds. The number of methoxy groups -OCH3 is 1. The molecule has 1 N–H and O–H groups in total. The molecule has 1 saturated heterocycles. The number of carbonyl (C=O) groups is 1. The number of nitrogens with one attached hydrogen (secondary N) is 1. The largest absolute Gasteiger partial charge is 0.383 e. The van der Waals surface area contributed by atoms with E-state index < -0.39 is 10.0 Å². The number of nitrogens with zero attached hydrogens (tertiary/aromatic N) is 3. The smallest absolute Gasteiger partial charge is 0.223 e. The van der Waals surface area contributed by atoms with E-state index in [0.29, 0.717) is 38.7 Å². The molecule has 0 aromatic carbocycles. The molecule has 3 atom stereocenters. The van der Waals surface area contributed by atoms with Gasteiger partial charge in [-0.1, -0.05) is 0 Å². The number of imidazole rings is 1. The molecule has 0 bridgehead atoms. The number of hydrogen-bond donors (Lipinski definition) is 1. The summed E-state index contributed by atoms with van der Waals surface area (Å²) in [6.45, 7) is 2.85. The maximum Gasteiger partial charge on any atom is 0.223 e. The van der Waals surface area contributed by atoms with Gasteiger partial charge < -0.3 is 14.6 Å². The molecule has 3 fully saturated rings. The molecule has 27 heavy (non-hydrogen) atoms. The third-order valence-electron chi connectivity index (χ3n) is 6.26. The first-order valence-corrected chi connectivity index (χ1v) is 11.3. The fraction of sp³-hybridized carbons (Fsp3) is 0.778. The molecule has 0 radical (unpaired) electrons. The van der Waals surface area contributed by atoms with Gasteiger partial charge in [0.05, 0.1) is 30.4 Å². The fourth-order valence-electron chi connectivity index (χ4n) is 4.36. The molecule has 2 heterocycles. The topological polar surface area (TPSA) is 93.5 Å². The van der Waals surface area contributed by atoms with Gasteiger partial charge >= 0.3 is 0 Å². The number of aromatic nitrogens is 2. The molecule has 0 unspecified atom stereocenters. The summed E-state index contributed by atoms with van der Waals surface area (Å²) in [4.78, 5) is 16.8. The third-order valence-corrected chi connectivity index (χ3v) is 8.63. The Labute approximate surface area is 160 Å². The Kier molecular flexibility index (Phi) is 5.26. The summed E-state index contributed by atoms with van der Waals surface area (Å²) in [7, 11) is -1.49. The summed E-state index contributed by atoms with van der Waals surface area (Å²) in [6.07, 6.45) is 6.81. The molecule has 2 aliphatic carbocycles. The van der Waals surface area contributed by atoms with Crippen molar-refractivity contribution in [1.82, 2.24) is 19.2 Å². The summed E-state index contributed by atoms with van der Waals surface area (Å²) >= 11 is 0. The van der Waals surface area contributed by atoms with Crippen LogP contribution in [0.5, 0.6) is 0 Å². The zero-order valence-corrected chi connectivity index (χ0v) is 16.5. The lowest BCUT2D eigenvalue weighted by atomic mass is 9.61. The van der Waals surface area contributed by atoms with Crippen molar-refractivity contribution >= 4 is 15.9 Å². The quantitative estimate of drug-likeness (QED) is 0.694. The van der Waals surface area contributed by atoms with E-state index in [9.17, 15) is 13.2 Å². The second-order valence-corrected chi connectivity index (χ2v) is 10.2. The van der Waals surface area contributed by atoms with E-state index >= 15 is 0 Å². The molecule has 2 saturated carbocycles. The molecule has 150 valence electrons. The highest BCUT2D eigenvalue weighted by atomic mass is 32.2. The van der Waals surface area contributed by atoms with Gasteiger partial charge in [-0.3, -0.25) is 4.79 Å². The molecule has 0 spiro atoms. The van der Waals surface area contributed by atoms with Gasteiger partial charge in [0.2, 0.25) is 15.9 Å². The van der Waals surface area contributed by atoms with Crippen molar-refractivity contribution in [3.8, 4) is 0 Å². The highest BCUT2D eigenvalue weighted by Gasteiger charge is 2.51. The summed E-state index contributed by atoms with van der Waals surface area (Å²) in [5.41, 5.74) is 0.942. The number of hydrogen-bond acceptors (Lipinski definition) is 5. The van der Waals surface area contributed by atoms with Crippen LogP contribution in [-0.4, -0.2) is 60.2 Å². The molecular weight excluding hydrogens is 368 g/mol. The van der Waals surface area contributed by atoms with Gasteiger partial charge in [-0.15, -0.1) is 0 Å². The van der Waals surface area contributed by atoms with E-state index in [4.69, 9.17) is 4.74 Å². The number of amides is 1. The van der Waals surface area contributed by atoms with Crippen LogP contribution in [-0.2, 0) is 32.6 Å². The van der Waals surface area contributed by atoms with Crippen LogP contribution in [0.4, 0.5) is 0 Å². The van der Waals surface area contributed by atoms with E-state index in [2.05, 4.69) is 10.3 Å². The van der Waals surface area contributed by atoms with E-state index in [1.807, 2.05) is 4.57 Å². The van der Waals surface area contributed by atoms with Crippen LogP contribution in [0.15, 0.2) is 12.5 Å². The van der Waals surface area contributed by atoms with Crippen LogP contribution in [0.1, 0.15) is 31.4 Å².